The molecule has 0 saturated heterocycles. The van der Waals surface area contributed by atoms with E-state index in [1.807, 2.05) is 25.1 Å². The molecule has 1 aromatic carbocycles. The molecular formula is C14H21N3OS. The Morgan fingerprint density at radius 3 is 2.89 bits per heavy atom. The van der Waals surface area contributed by atoms with Crippen molar-refractivity contribution in [2.75, 3.05) is 6.61 Å². The fourth-order valence-electron chi connectivity index (χ4n) is 1.62. The van der Waals surface area contributed by atoms with E-state index in [0.29, 0.717) is 0 Å². The number of nitrogens with two attached hydrogens (primary N) is 1. The molecule has 0 spiro atoms. The van der Waals surface area contributed by atoms with Crippen LogP contribution in [0, 0.1) is 6.92 Å². The van der Waals surface area contributed by atoms with Crippen molar-refractivity contribution in [1.29, 1.82) is 0 Å². The number of thiocarbonyl (C=S) groups is 1. The SMILES string of the molecule is CCCCCOc1ccc(C=NNC(N)=S)cc1C. The average Bonchev–Trinajstić information content (AvgIpc) is 2.36. The molecule has 0 aliphatic carbocycles. The van der Waals surface area contributed by atoms with Crippen LogP contribution in [0.25, 0.3) is 0 Å². The largest absolute Gasteiger partial charge is 0.493 e. The minimum atomic E-state index is 0.156. The van der Waals surface area contributed by atoms with Crippen LogP contribution in [0.15, 0.2) is 23.3 Å². The van der Waals surface area contributed by atoms with E-state index in [1.54, 1.807) is 6.21 Å². The smallest absolute Gasteiger partial charge is 0.184 e. The van der Waals surface area contributed by atoms with Gasteiger partial charge in [-0.1, -0.05) is 19.8 Å². The van der Waals surface area contributed by atoms with E-state index >= 15 is 0 Å². The Bertz CT molecular complexity index is 446. The predicted molar refractivity (Wildman–Crippen MR) is 83.7 cm³/mol. The van der Waals surface area contributed by atoms with Crippen LogP contribution >= 0.6 is 12.2 Å². The highest BCUT2D eigenvalue weighted by atomic mass is 32.1. The van der Waals surface area contributed by atoms with E-state index in [0.717, 1.165) is 29.9 Å². The Kier molecular flexibility index (Phi) is 6.89. The van der Waals surface area contributed by atoms with Crippen molar-refractivity contribution in [3.63, 3.8) is 0 Å². The van der Waals surface area contributed by atoms with Crippen molar-refractivity contribution in [3.05, 3.63) is 29.3 Å². The summed E-state index contributed by atoms with van der Waals surface area (Å²) in [6.07, 6.45) is 5.17. The first-order valence-electron chi connectivity index (χ1n) is 6.45. The number of aryl methyl sites for hydroxylation is 1. The quantitative estimate of drug-likeness (QED) is 0.349. The summed E-state index contributed by atoms with van der Waals surface area (Å²) < 4.78 is 5.74. The molecule has 0 amide bonds. The van der Waals surface area contributed by atoms with Gasteiger partial charge < -0.3 is 10.5 Å². The maximum atomic E-state index is 5.74. The van der Waals surface area contributed by atoms with E-state index in [9.17, 15) is 0 Å². The van der Waals surface area contributed by atoms with E-state index in [1.165, 1.54) is 12.8 Å². The molecule has 0 aliphatic heterocycles. The van der Waals surface area contributed by atoms with Gasteiger partial charge in [-0.15, -0.1) is 0 Å². The molecule has 1 rings (SSSR count). The van der Waals surface area contributed by atoms with Crippen LogP contribution in [0.4, 0.5) is 0 Å². The second kappa shape index (κ2) is 8.48. The fourth-order valence-corrected chi connectivity index (χ4v) is 1.67. The maximum absolute atomic E-state index is 5.74. The fraction of sp³-hybridized carbons (Fsp3) is 0.429. The number of ether oxygens (including phenoxy) is 1. The van der Waals surface area contributed by atoms with Gasteiger partial charge in [0.15, 0.2) is 5.11 Å². The third-order valence-corrected chi connectivity index (χ3v) is 2.68. The van der Waals surface area contributed by atoms with Crippen LogP contribution in [0.3, 0.4) is 0 Å². The van der Waals surface area contributed by atoms with Crippen molar-refractivity contribution in [3.8, 4) is 5.75 Å². The van der Waals surface area contributed by atoms with Gasteiger partial charge in [0.25, 0.3) is 0 Å². The zero-order valence-electron chi connectivity index (χ0n) is 11.5. The number of hydrazone groups is 1. The minimum Gasteiger partial charge on any atom is -0.493 e. The summed E-state index contributed by atoms with van der Waals surface area (Å²) in [6.45, 7) is 4.97. The molecule has 5 heteroatoms. The Morgan fingerprint density at radius 1 is 1.47 bits per heavy atom. The molecule has 104 valence electrons. The van der Waals surface area contributed by atoms with Crippen LogP contribution in [0.2, 0.25) is 0 Å². The molecule has 0 fully saturated rings. The third kappa shape index (κ3) is 6.20. The monoisotopic (exact) mass is 279 g/mol. The van der Waals surface area contributed by atoms with Crippen molar-refractivity contribution in [2.24, 2.45) is 10.8 Å². The van der Waals surface area contributed by atoms with Gasteiger partial charge in [-0.3, -0.25) is 5.43 Å². The van der Waals surface area contributed by atoms with Crippen LogP contribution < -0.4 is 15.9 Å². The molecule has 0 radical (unpaired) electrons. The Hall–Kier alpha value is -1.62. The number of nitrogens with one attached hydrogen (secondary N) is 1. The first kappa shape index (κ1) is 15.4. The lowest BCUT2D eigenvalue weighted by Gasteiger charge is -2.09. The highest BCUT2D eigenvalue weighted by Crippen LogP contribution is 2.18. The molecule has 4 nitrogen and oxygen atoms in total. The molecule has 0 saturated carbocycles. The van der Waals surface area contributed by atoms with E-state index in [4.69, 9.17) is 10.5 Å². The van der Waals surface area contributed by atoms with Crippen molar-refractivity contribution >= 4 is 23.5 Å². The van der Waals surface area contributed by atoms with E-state index < -0.39 is 0 Å². The van der Waals surface area contributed by atoms with Gasteiger partial charge in [-0.2, -0.15) is 5.10 Å². The molecule has 0 unspecified atom stereocenters. The van der Waals surface area contributed by atoms with Crippen molar-refractivity contribution < 1.29 is 4.74 Å². The number of hydrogen-bond donors (Lipinski definition) is 2. The molecule has 3 N–H and O–H groups in total. The molecule has 0 aliphatic rings. The van der Waals surface area contributed by atoms with Gasteiger partial charge in [0, 0.05) is 0 Å². The number of benzene rings is 1. The second-order valence-corrected chi connectivity index (χ2v) is 4.75. The van der Waals surface area contributed by atoms with E-state index in [-0.39, 0.29) is 5.11 Å². The summed E-state index contributed by atoms with van der Waals surface area (Å²) >= 11 is 4.66. The molecular weight excluding hydrogens is 258 g/mol. The van der Waals surface area contributed by atoms with Crippen LogP contribution in [-0.4, -0.2) is 17.9 Å². The lowest BCUT2D eigenvalue weighted by molar-refractivity contribution is 0.304. The molecule has 0 bridgehead atoms. The van der Waals surface area contributed by atoms with Gasteiger partial charge >= 0.3 is 0 Å². The normalized spacial score (nSPS) is 10.6. The summed E-state index contributed by atoms with van der Waals surface area (Å²) in [4.78, 5) is 0. The molecule has 0 aromatic heterocycles. The number of rotatable bonds is 7. The first-order chi connectivity index (χ1) is 9.13. The highest BCUT2D eigenvalue weighted by molar-refractivity contribution is 7.80. The number of nitrogens with zero attached hydrogens (tertiary/aromatic N) is 1. The van der Waals surface area contributed by atoms with Gasteiger partial charge in [0.05, 0.1) is 12.8 Å². The molecule has 19 heavy (non-hydrogen) atoms. The van der Waals surface area contributed by atoms with Crippen LogP contribution in [0.5, 0.6) is 5.75 Å². The molecule has 0 heterocycles. The average molecular weight is 279 g/mol. The molecule has 0 atom stereocenters. The third-order valence-electron chi connectivity index (χ3n) is 2.59. The molecule has 1 aromatic rings. The Labute approximate surface area is 120 Å². The zero-order valence-corrected chi connectivity index (χ0v) is 12.3. The first-order valence-corrected chi connectivity index (χ1v) is 6.86. The van der Waals surface area contributed by atoms with Crippen molar-refractivity contribution in [1.82, 2.24) is 5.43 Å². The van der Waals surface area contributed by atoms with Gasteiger partial charge in [-0.25, -0.2) is 0 Å². The van der Waals surface area contributed by atoms with Gasteiger partial charge in [0.2, 0.25) is 0 Å². The van der Waals surface area contributed by atoms with Gasteiger partial charge in [-0.05, 0) is 54.9 Å². The van der Waals surface area contributed by atoms with Crippen LogP contribution in [-0.2, 0) is 0 Å². The van der Waals surface area contributed by atoms with E-state index in [2.05, 4.69) is 29.7 Å². The number of hydrogen-bond acceptors (Lipinski definition) is 3. The Morgan fingerprint density at radius 2 is 2.26 bits per heavy atom. The van der Waals surface area contributed by atoms with Crippen LogP contribution in [0.1, 0.15) is 37.3 Å². The topological polar surface area (TPSA) is 59.6 Å². The number of unbranched alkanes of at least 4 members (excludes halogenated alkanes) is 2. The predicted octanol–water partition coefficient (Wildman–Crippen LogP) is 2.73. The standard InChI is InChI=1S/C14H21N3OS/c1-3-4-5-8-18-13-7-6-12(9-11(13)2)10-16-17-14(15)19/h6-7,9-10H,3-5,8H2,1-2H3,(H3,15,17,19). The summed E-state index contributed by atoms with van der Waals surface area (Å²) in [5, 5.41) is 4.07. The van der Waals surface area contributed by atoms with Crippen molar-refractivity contribution in [2.45, 2.75) is 33.1 Å². The Balaban J connectivity index is 2.54. The highest BCUT2D eigenvalue weighted by Gasteiger charge is 2.00. The summed E-state index contributed by atoms with van der Waals surface area (Å²) in [5.74, 6) is 0.926. The zero-order chi connectivity index (χ0) is 14.1. The maximum Gasteiger partial charge on any atom is 0.184 e. The second-order valence-electron chi connectivity index (χ2n) is 4.31. The summed E-state index contributed by atoms with van der Waals surface area (Å²) in [6, 6.07) is 5.93. The van der Waals surface area contributed by atoms with Gasteiger partial charge in [0.1, 0.15) is 5.75 Å². The minimum absolute atomic E-state index is 0.156. The summed E-state index contributed by atoms with van der Waals surface area (Å²) in [5.41, 5.74) is 9.87. The lowest BCUT2D eigenvalue weighted by Crippen LogP contribution is -2.23. The summed E-state index contributed by atoms with van der Waals surface area (Å²) in [7, 11) is 0. The lowest BCUT2D eigenvalue weighted by atomic mass is 10.1.